The fourth-order valence-electron chi connectivity index (χ4n) is 0.478. The van der Waals surface area contributed by atoms with Gasteiger partial charge in [0.1, 0.15) is 5.76 Å². The average Bonchev–Trinajstić information content (AvgIpc) is 1.77. The second-order valence-electron chi connectivity index (χ2n) is 1.49. The molecule has 0 aromatic rings. The lowest BCUT2D eigenvalue weighted by atomic mass is 10.4. The summed E-state index contributed by atoms with van der Waals surface area (Å²) in [7, 11) is 0. The molecule has 0 aromatic carbocycles. The van der Waals surface area contributed by atoms with Gasteiger partial charge in [0, 0.05) is 12.7 Å². The predicted molar refractivity (Wildman–Crippen MR) is 40.8 cm³/mol. The second kappa shape index (κ2) is 2.39. The Hall–Kier alpha value is -0.190. The first-order valence-corrected chi connectivity index (χ1v) is 3.37. The molecule has 0 amide bonds. The molecule has 1 rings (SSSR count). The summed E-state index contributed by atoms with van der Waals surface area (Å²) in [6, 6.07) is 0. The van der Waals surface area contributed by atoms with E-state index < -0.39 is 0 Å². The Balaban J connectivity index is 2.73. The molecule has 1 aliphatic rings. The first-order chi connectivity index (χ1) is 3.80. The van der Waals surface area contributed by atoms with Gasteiger partial charge in [-0.15, -0.1) is 0 Å². The Labute approximate surface area is 61.4 Å². The maximum Gasteiger partial charge on any atom is 0.144 e. The molecule has 0 unspecified atom stereocenters. The third-order valence-corrected chi connectivity index (χ3v) is 1.88. The number of nitrogens with one attached hydrogen (secondary N) is 1. The van der Waals surface area contributed by atoms with Gasteiger partial charge >= 0.3 is 0 Å². The zero-order valence-corrected chi connectivity index (χ0v) is 6.34. The van der Waals surface area contributed by atoms with Crippen LogP contribution >= 0.6 is 22.6 Å². The first-order valence-electron chi connectivity index (χ1n) is 2.29. The van der Waals surface area contributed by atoms with Crippen molar-refractivity contribution >= 4 is 22.6 Å². The Kier molecular flexibility index (Phi) is 1.77. The number of allylic oxidation sites excluding steroid dienone is 1. The molecule has 0 spiro atoms. The predicted octanol–water partition coefficient (Wildman–Crippen LogP) is 1.31. The third kappa shape index (κ3) is 1.15. The van der Waals surface area contributed by atoms with E-state index in [1.807, 2.05) is 6.08 Å². The van der Waals surface area contributed by atoms with Crippen molar-refractivity contribution in [3.63, 3.8) is 0 Å². The summed E-state index contributed by atoms with van der Waals surface area (Å²) >= 11 is 2.09. The highest BCUT2D eigenvalue weighted by Crippen LogP contribution is 2.15. The Morgan fingerprint density at radius 1 is 1.75 bits per heavy atom. The van der Waals surface area contributed by atoms with Crippen LogP contribution in [-0.2, 0) is 0 Å². The smallest absolute Gasteiger partial charge is 0.144 e. The number of halogens is 1. The Bertz CT molecular complexity index is 133. The minimum Gasteiger partial charge on any atom is -0.505 e. The molecule has 44 valence electrons. The molecule has 0 fully saturated rings. The molecule has 0 aliphatic carbocycles. The van der Waals surface area contributed by atoms with Crippen LogP contribution in [0.15, 0.2) is 21.6 Å². The summed E-state index contributed by atoms with van der Waals surface area (Å²) in [4.78, 5) is 0. The minimum atomic E-state index is 0.330. The molecule has 0 radical (unpaired) electrons. The zero-order valence-electron chi connectivity index (χ0n) is 4.19. The fourth-order valence-corrected chi connectivity index (χ4v) is 0.854. The molecule has 0 bridgehead atoms. The van der Waals surface area contributed by atoms with Gasteiger partial charge in [-0.25, -0.2) is 0 Å². The summed E-state index contributed by atoms with van der Waals surface area (Å²) in [6.45, 7) is 0.822. The van der Waals surface area contributed by atoms with Crippen molar-refractivity contribution in [2.45, 2.75) is 0 Å². The van der Waals surface area contributed by atoms with Gasteiger partial charge in [-0.2, -0.15) is 0 Å². The highest BCUT2D eigenvalue weighted by atomic mass is 127. The van der Waals surface area contributed by atoms with Crippen LogP contribution in [0.1, 0.15) is 0 Å². The zero-order chi connectivity index (χ0) is 5.98. The largest absolute Gasteiger partial charge is 0.505 e. The number of hydrogen-bond donors (Lipinski definition) is 2. The van der Waals surface area contributed by atoms with Gasteiger partial charge in [-0.1, -0.05) is 0 Å². The van der Waals surface area contributed by atoms with Crippen LogP contribution in [-0.4, -0.2) is 11.7 Å². The van der Waals surface area contributed by atoms with E-state index in [1.165, 1.54) is 0 Å². The molecule has 8 heavy (non-hydrogen) atoms. The SMILES string of the molecule is OC1=CNCC=C1I. The normalized spacial score (nSPS) is 18.6. The molecule has 1 aliphatic heterocycles. The highest BCUT2D eigenvalue weighted by Gasteiger charge is 1.99. The van der Waals surface area contributed by atoms with Crippen LogP contribution in [0.5, 0.6) is 0 Å². The van der Waals surface area contributed by atoms with Gasteiger partial charge in [0.25, 0.3) is 0 Å². The summed E-state index contributed by atoms with van der Waals surface area (Å²) in [6.07, 6.45) is 3.53. The van der Waals surface area contributed by atoms with E-state index in [0.29, 0.717) is 5.76 Å². The van der Waals surface area contributed by atoms with Gasteiger partial charge in [0.05, 0.1) is 3.58 Å². The maximum atomic E-state index is 8.90. The minimum absolute atomic E-state index is 0.330. The van der Waals surface area contributed by atoms with Crippen molar-refractivity contribution in [2.75, 3.05) is 6.54 Å². The maximum absolute atomic E-state index is 8.90. The van der Waals surface area contributed by atoms with E-state index in [9.17, 15) is 0 Å². The quantitative estimate of drug-likeness (QED) is 0.606. The molecule has 0 atom stereocenters. The van der Waals surface area contributed by atoms with E-state index in [0.717, 1.165) is 10.1 Å². The molecular formula is C5H6INO. The van der Waals surface area contributed by atoms with Crippen LogP contribution in [0.2, 0.25) is 0 Å². The van der Waals surface area contributed by atoms with E-state index in [2.05, 4.69) is 27.9 Å². The third-order valence-electron chi connectivity index (χ3n) is 0.883. The lowest BCUT2D eigenvalue weighted by Gasteiger charge is -2.05. The van der Waals surface area contributed by atoms with Gasteiger partial charge < -0.3 is 10.4 Å². The van der Waals surface area contributed by atoms with Gasteiger partial charge in [-0.05, 0) is 28.7 Å². The summed E-state index contributed by atoms with van der Waals surface area (Å²) in [5.41, 5.74) is 0. The van der Waals surface area contributed by atoms with Crippen molar-refractivity contribution in [1.29, 1.82) is 0 Å². The number of aliphatic hydroxyl groups excluding tert-OH is 1. The monoisotopic (exact) mass is 223 g/mol. The second-order valence-corrected chi connectivity index (χ2v) is 2.65. The van der Waals surface area contributed by atoms with E-state index in [4.69, 9.17) is 5.11 Å². The van der Waals surface area contributed by atoms with E-state index in [1.54, 1.807) is 6.20 Å². The summed E-state index contributed by atoms with van der Waals surface area (Å²) in [5.74, 6) is 0.330. The topological polar surface area (TPSA) is 32.3 Å². The van der Waals surface area contributed by atoms with Gasteiger partial charge in [0.15, 0.2) is 0 Å². The van der Waals surface area contributed by atoms with Crippen molar-refractivity contribution in [2.24, 2.45) is 0 Å². The summed E-state index contributed by atoms with van der Waals surface area (Å²) < 4.78 is 0.918. The molecule has 3 heteroatoms. The van der Waals surface area contributed by atoms with Crippen LogP contribution in [0.4, 0.5) is 0 Å². The van der Waals surface area contributed by atoms with Crippen LogP contribution in [0.25, 0.3) is 0 Å². The number of rotatable bonds is 0. The van der Waals surface area contributed by atoms with Crippen LogP contribution in [0.3, 0.4) is 0 Å². The first kappa shape index (κ1) is 5.94. The molecule has 1 heterocycles. The standard InChI is InChI=1S/C5H6INO/c6-4-1-2-7-3-5(4)8/h1,3,7-8H,2H2. The highest BCUT2D eigenvalue weighted by molar-refractivity contribution is 14.1. The Morgan fingerprint density at radius 2 is 2.50 bits per heavy atom. The Morgan fingerprint density at radius 3 is 2.88 bits per heavy atom. The van der Waals surface area contributed by atoms with Crippen molar-refractivity contribution in [1.82, 2.24) is 5.32 Å². The lowest BCUT2D eigenvalue weighted by Crippen LogP contribution is -2.10. The molecule has 0 saturated carbocycles. The van der Waals surface area contributed by atoms with Gasteiger partial charge in [-0.3, -0.25) is 0 Å². The van der Waals surface area contributed by atoms with E-state index >= 15 is 0 Å². The summed E-state index contributed by atoms with van der Waals surface area (Å²) in [5, 5.41) is 11.8. The van der Waals surface area contributed by atoms with Gasteiger partial charge in [0.2, 0.25) is 0 Å². The fraction of sp³-hybridized carbons (Fsp3) is 0.200. The molecular weight excluding hydrogens is 217 g/mol. The van der Waals surface area contributed by atoms with Crippen LogP contribution in [0, 0.1) is 0 Å². The number of dihydropyridines is 1. The number of aliphatic hydroxyl groups is 1. The molecule has 2 nitrogen and oxygen atoms in total. The van der Waals surface area contributed by atoms with Crippen molar-refractivity contribution in [3.05, 3.63) is 21.6 Å². The number of hydrogen-bond acceptors (Lipinski definition) is 2. The average molecular weight is 223 g/mol. The lowest BCUT2D eigenvalue weighted by molar-refractivity contribution is 0.424. The molecule has 0 aromatic heterocycles. The molecule has 0 saturated heterocycles. The van der Waals surface area contributed by atoms with E-state index in [-0.39, 0.29) is 0 Å². The van der Waals surface area contributed by atoms with Crippen molar-refractivity contribution < 1.29 is 5.11 Å². The van der Waals surface area contributed by atoms with Crippen LogP contribution < -0.4 is 5.32 Å². The van der Waals surface area contributed by atoms with Crippen molar-refractivity contribution in [3.8, 4) is 0 Å². The molecule has 2 N–H and O–H groups in total.